The van der Waals surface area contributed by atoms with Crippen LogP contribution in [0.3, 0.4) is 0 Å². The monoisotopic (exact) mass is 301 g/mol. The highest BCUT2D eigenvalue weighted by Gasteiger charge is 2.10. The molecule has 0 aliphatic heterocycles. The van der Waals surface area contributed by atoms with Crippen molar-refractivity contribution in [3.63, 3.8) is 0 Å². The zero-order valence-electron chi connectivity index (χ0n) is 12.4. The Morgan fingerprint density at radius 1 is 0.739 bits per heavy atom. The molecule has 0 aliphatic rings. The summed E-state index contributed by atoms with van der Waals surface area (Å²) in [6.07, 6.45) is 0.688. The summed E-state index contributed by atoms with van der Waals surface area (Å²) < 4.78 is 0. The van der Waals surface area contributed by atoms with E-state index < -0.39 is 0 Å². The van der Waals surface area contributed by atoms with Gasteiger partial charge in [0.15, 0.2) is 6.29 Å². The van der Waals surface area contributed by atoms with Gasteiger partial charge in [-0.2, -0.15) is 0 Å². The Morgan fingerprint density at radius 2 is 1.35 bits per heavy atom. The second kappa shape index (κ2) is 6.71. The second-order valence-electron chi connectivity index (χ2n) is 5.10. The van der Waals surface area contributed by atoms with E-state index in [0.717, 1.165) is 11.1 Å². The molecule has 3 aromatic rings. The molecule has 0 spiro atoms. The molecule has 3 rings (SSSR count). The average Bonchev–Trinajstić information content (AvgIpc) is 2.63. The molecule has 3 nitrogen and oxygen atoms in total. The van der Waals surface area contributed by atoms with Gasteiger partial charge < -0.3 is 5.32 Å². The molecule has 0 aliphatic carbocycles. The molecule has 3 aromatic carbocycles. The average molecular weight is 301 g/mol. The molecule has 0 saturated carbocycles. The maximum Gasteiger partial charge on any atom is 0.256 e. The molecule has 0 aromatic heterocycles. The first-order valence-corrected chi connectivity index (χ1v) is 7.29. The van der Waals surface area contributed by atoms with Gasteiger partial charge in [-0.15, -0.1) is 0 Å². The Labute approximate surface area is 134 Å². The van der Waals surface area contributed by atoms with E-state index in [1.807, 2.05) is 54.6 Å². The van der Waals surface area contributed by atoms with E-state index in [4.69, 9.17) is 0 Å². The SMILES string of the molecule is O=Cc1ccccc1C(=O)Nc1ccc(-c2ccccc2)cc1. The van der Waals surface area contributed by atoms with Gasteiger partial charge in [-0.1, -0.05) is 60.7 Å². The molecule has 23 heavy (non-hydrogen) atoms. The Kier molecular flexibility index (Phi) is 4.29. The highest BCUT2D eigenvalue weighted by atomic mass is 16.1. The molecular formula is C20H15NO2. The molecular weight excluding hydrogens is 286 g/mol. The normalized spacial score (nSPS) is 10.1. The summed E-state index contributed by atoms with van der Waals surface area (Å²) in [5.74, 6) is -0.292. The van der Waals surface area contributed by atoms with Crippen molar-refractivity contribution < 1.29 is 9.59 Å². The maximum absolute atomic E-state index is 12.3. The molecule has 0 unspecified atom stereocenters. The van der Waals surface area contributed by atoms with E-state index >= 15 is 0 Å². The number of anilines is 1. The zero-order valence-corrected chi connectivity index (χ0v) is 12.4. The molecule has 0 saturated heterocycles. The van der Waals surface area contributed by atoms with Crippen molar-refractivity contribution >= 4 is 17.9 Å². The van der Waals surface area contributed by atoms with E-state index in [1.165, 1.54) is 0 Å². The van der Waals surface area contributed by atoms with Crippen molar-refractivity contribution in [1.82, 2.24) is 0 Å². The first-order valence-electron chi connectivity index (χ1n) is 7.29. The summed E-state index contributed by atoms with van der Waals surface area (Å²) in [6, 6.07) is 24.4. The van der Waals surface area contributed by atoms with Gasteiger partial charge in [-0.3, -0.25) is 9.59 Å². The van der Waals surface area contributed by atoms with Crippen LogP contribution in [0.5, 0.6) is 0 Å². The first-order chi connectivity index (χ1) is 11.3. The number of hydrogen-bond acceptors (Lipinski definition) is 2. The molecule has 1 N–H and O–H groups in total. The quantitative estimate of drug-likeness (QED) is 0.725. The van der Waals surface area contributed by atoms with Crippen molar-refractivity contribution in [3.8, 4) is 11.1 Å². The van der Waals surface area contributed by atoms with Crippen LogP contribution in [-0.4, -0.2) is 12.2 Å². The first kappa shape index (κ1) is 14.7. The number of aldehydes is 1. The van der Waals surface area contributed by atoms with Gasteiger partial charge in [0.05, 0.1) is 5.56 Å². The third-order valence-corrected chi connectivity index (χ3v) is 3.58. The van der Waals surface area contributed by atoms with Gasteiger partial charge in [-0.25, -0.2) is 0 Å². The van der Waals surface area contributed by atoms with Crippen LogP contribution < -0.4 is 5.32 Å². The standard InChI is InChI=1S/C20H15NO2/c22-14-17-8-4-5-9-19(17)20(23)21-18-12-10-16(11-13-18)15-6-2-1-3-7-15/h1-14H,(H,21,23). The smallest absolute Gasteiger partial charge is 0.256 e. The van der Waals surface area contributed by atoms with Crippen molar-refractivity contribution in [1.29, 1.82) is 0 Å². The van der Waals surface area contributed by atoms with Crippen molar-refractivity contribution in [2.24, 2.45) is 0 Å². The Hall–Kier alpha value is -3.20. The van der Waals surface area contributed by atoms with Crippen molar-refractivity contribution in [3.05, 3.63) is 90.0 Å². The largest absolute Gasteiger partial charge is 0.322 e. The van der Waals surface area contributed by atoms with Gasteiger partial charge >= 0.3 is 0 Å². The molecule has 0 radical (unpaired) electrons. The zero-order chi connectivity index (χ0) is 16.1. The van der Waals surface area contributed by atoms with Crippen LogP contribution >= 0.6 is 0 Å². The van der Waals surface area contributed by atoms with E-state index in [1.54, 1.807) is 24.3 Å². The lowest BCUT2D eigenvalue weighted by molar-refractivity contribution is 0.101. The number of amides is 1. The summed E-state index contributed by atoms with van der Waals surface area (Å²) in [6.45, 7) is 0. The minimum atomic E-state index is -0.292. The number of hydrogen-bond donors (Lipinski definition) is 1. The highest BCUT2D eigenvalue weighted by Crippen LogP contribution is 2.21. The lowest BCUT2D eigenvalue weighted by Crippen LogP contribution is -2.13. The van der Waals surface area contributed by atoms with Crippen LogP contribution in [0.15, 0.2) is 78.9 Å². The van der Waals surface area contributed by atoms with Crippen molar-refractivity contribution in [2.45, 2.75) is 0 Å². The third-order valence-electron chi connectivity index (χ3n) is 3.58. The van der Waals surface area contributed by atoms with Crippen molar-refractivity contribution in [2.75, 3.05) is 5.32 Å². The minimum Gasteiger partial charge on any atom is -0.322 e. The number of nitrogens with one attached hydrogen (secondary N) is 1. The predicted octanol–water partition coefficient (Wildman–Crippen LogP) is 4.42. The Bertz CT molecular complexity index is 824. The van der Waals surface area contributed by atoms with Crippen LogP contribution in [0.4, 0.5) is 5.69 Å². The number of rotatable bonds is 4. The fraction of sp³-hybridized carbons (Fsp3) is 0. The van der Waals surface area contributed by atoms with Gasteiger partial charge in [0.1, 0.15) is 0 Å². The molecule has 0 bridgehead atoms. The minimum absolute atomic E-state index is 0.292. The molecule has 0 atom stereocenters. The molecule has 1 amide bonds. The number of benzene rings is 3. The molecule has 3 heteroatoms. The highest BCUT2D eigenvalue weighted by molar-refractivity contribution is 6.08. The van der Waals surface area contributed by atoms with Gasteiger partial charge in [0.2, 0.25) is 0 Å². The summed E-state index contributed by atoms with van der Waals surface area (Å²) >= 11 is 0. The second-order valence-corrected chi connectivity index (χ2v) is 5.10. The molecule has 0 fully saturated rings. The van der Waals surface area contributed by atoms with Crippen LogP contribution in [0.2, 0.25) is 0 Å². The fourth-order valence-electron chi connectivity index (χ4n) is 2.38. The Morgan fingerprint density at radius 3 is 2.04 bits per heavy atom. The molecule has 112 valence electrons. The number of carbonyl (C=O) groups is 2. The van der Waals surface area contributed by atoms with E-state index in [0.29, 0.717) is 23.1 Å². The van der Waals surface area contributed by atoms with Gasteiger partial charge in [0, 0.05) is 11.3 Å². The lowest BCUT2D eigenvalue weighted by atomic mass is 10.1. The number of carbonyl (C=O) groups excluding carboxylic acids is 2. The predicted molar refractivity (Wildman–Crippen MR) is 91.7 cm³/mol. The van der Waals surface area contributed by atoms with Crippen LogP contribution in [0, 0.1) is 0 Å². The van der Waals surface area contributed by atoms with E-state index in [-0.39, 0.29) is 5.91 Å². The summed E-state index contributed by atoms with van der Waals surface area (Å²) in [5, 5.41) is 2.81. The third kappa shape index (κ3) is 3.35. The summed E-state index contributed by atoms with van der Waals surface area (Å²) in [7, 11) is 0. The Balaban J connectivity index is 1.78. The maximum atomic E-state index is 12.3. The van der Waals surface area contributed by atoms with Gasteiger partial charge in [0.25, 0.3) is 5.91 Å². The van der Waals surface area contributed by atoms with E-state index in [9.17, 15) is 9.59 Å². The van der Waals surface area contributed by atoms with E-state index in [2.05, 4.69) is 5.32 Å². The summed E-state index contributed by atoms with van der Waals surface area (Å²) in [5.41, 5.74) is 3.64. The van der Waals surface area contributed by atoms with Crippen LogP contribution in [0.25, 0.3) is 11.1 Å². The van der Waals surface area contributed by atoms with Gasteiger partial charge in [-0.05, 0) is 29.3 Å². The van der Waals surface area contributed by atoms with Crippen LogP contribution in [-0.2, 0) is 0 Å². The topological polar surface area (TPSA) is 46.2 Å². The van der Waals surface area contributed by atoms with Crippen LogP contribution in [0.1, 0.15) is 20.7 Å². The molecule has 0 heterocycles. The summed E-state index contributed by atoms with van der Waals surface area (Å²) in [4.78, 5) is 23.3. The fourth-order valence-corrected chi connectivity index (χ4v) is 2.38. The lowest BCUT2D eigenvalue weighted by Gasteiger charge is -2.08.